The van der Waals surface area contributed by atoms with Gasteiger partial charge in [0.2, 0.25) is 6.04 Å². The van der Waals surface area contributed by atoms with Gasteiger partial charge >= 0.3 is 5.97 Å². The molecule has 0 aromatic heterocycles. The van der Waals surface area contributed by atoms with Crippen LogP contribution >= 0.6 is 0 Å². The van der Waals surface area contributed by atoms with Gasteiger partial charge in [-0.1, -0.05) is 58.3 Å². The van der Waals surface area contributed by atoms with Crippen LogP contribution in [0, 0.1) is 27.4 Å². The van der Waals surface area contributed by atoms with Crippen LogP contribution in [0.2, 0.25) is 0 Å². The molecule has 27 heavy (non-hydrogen) atoms. The second kappa shape index (κ2) is 11.0. The van der Waals surface area contributed by atoms with E-state index in [0.717, 1.165) is 25.7 Å². The van der Waals surface area contributed by atoms with E-state index in [2.05, 4.69) is 6.92 Å². The van der Waals surface area contributed by atoms with E-state index in [4.69, 9.17) is 0 Å². The van der Waals surface area contributed by atoms with Crippen LogP contribution < -0.4 is 0 Å². The maximum atomic E-state index is 12.1. The summed E-state index contributed by atoms with van der Waals surface area (Å²) < 4.78 is 0. The van der Waals surface area contributed by atoms with Gasteiger partial charge in [-0.3, -0.25) is 14.9 Å². The average molecular weight is 382 g/mol. The van der Waals surface area contributed by atoms with Crippen molar-refractivity contribution in [2.45, 2.75) is 116 Å². The number of aliphatic carboxylic acids is 1. The second-order valence-electron chi connectivity index (χ2n) is 9.11. The van der Waals surface area contributed by atoms with Crippen molar-refractivity contribution in [3.8, 4) is 0 Å². The molecule has 0 unspecified atom stereocenters. The summed E-state index contributed by atoms with van der Waals surface area (Å²) in [6.07, 6.45) is 16.7. The standard InChI is InChI=1S/C22H39NO4/c1-2-3-4-5-6-7-8-9-18-14-16-22(17-15-18,21(24)25)19-10-12-20(13-11-19)23(26)27/h18-20H,2-17H2,1H3,(H,24,25). The molecule has 2 aliphatic carbocycles. The fourth-order valence-corrected chi connectivity index (χ4v) is 5.51. The average Bonchev–Trinajstić information content (AvgIpc) is 2.67. The number of hydrogen-bond donors (Lipinski definition) is 1. The van der Waals surface area contributed by atoms with Gasteiger partial charge in [-0.05, 0) is 50.4 Å². The maximum absolute atomic E-state index is 12.1. The Morgan fingerprint density at radius 3 is 2.04 bits per heavy atom. The van der Waals surface area contributed by atoms with Gasteiger partial charge in [0.25, 0.3) is 0 Å². The van der Waals surface area contributed by atoms with Gasteiger partial charge in [-0.2, -0.15) is 0 Å². The van der Waals surface area contributed by atoms with Crippen LogP contribution in [0.15, 0.2) is 0 Å². The van der Waals surface area contributed by atoms with E-state index in [1.54, 1.807) is 0 Å². The van der Waals surface area contributed by atoms with Crippen molar-refractivity contribution in [3.05, 3.63) is 10.1 Å². The molecule has 5 heteroatoms. The molecule has 1 N–H and O–H groups in total. The Hall–Kier alpha value is -1.13. The highest BCUT2D eigenvalue weighted by molar-refractivity contribution is 5.75. The fourth-order valence-electron chi connectivity index (χ4n) is 5.51. The van der Waals surface area contributed by atoms with Crippen LogP contribution in [0.1, 0.15) is 110 Å². The van der Waals surface area contributed by atoms with E-state index < -0.39 is 17.4 Å². The van der Waals surface area contributed by atoms with Gasteiger partial charge in [0.15, 0.2) is 0 Å². The van der Waals surface area contributed by atoms with Gasteiger partial charge in [-0.15, -0.1) is 0 Å². The Morgan fingerprint density at radius 2 is 1.52 bits per heavy atom. The number of hydrogen-bond acceptors (Lipinski definition) is 3. The van der Waals surface area contributed by atoms with Crippen LogP contribution in [0.5, 0.6) is 0 Å². The highest BCUT2D eigenvalue weighted by atomic mass is 16.6. The number of carboxylic acids is 1. The normalized spacial score (nSPS) is 31.5. The van der Waals surface area contributed by atoms with Crippen molar-refractivity contribution in [1.29, 1.82) is 0 Å². The van der Waals surface area contributed by atoms with E-state index in [1.165, 1.54) is 51.4 Å². The van der Waals surface area contributed by atoms with E-state index in [9.17, 15) is 20.0 Å². The highest BCUT2D eigenvalue weighted by Crippen LogP contribution is 2.50. The van der Waals surface area contributed by atoms with Gasteiger partial charge in [0.1, 0.15) is 0 Å². The fraction of sp³-hybridized carbons (Fsp3) is 0.955. The molecule has 2 rings (SSSR count). The summed E-state index contributed by atoms with van der Waals surface area (Å²) in [5.41, 5.74) is -0.613. The van der Waals surface area contributed by atoms with Crippen molar-refractivity contribution >= 4 is 5.97 Å². The Bertz CT molecular complexity index is 463. The zero-order valence-corrected chi connectivity index (χ0v) is 17.2. The first-order chi connectivity index (χ1) is 13.0. The Morgan fingerprint density at radius 1 is 0.963 bits per heavy atom. The third-order valence-electron chi connectivity index (χ3n) is 7.42. The lowest BCUT2D eigenvalue weighted by Crippen LogP contribution is -2.44. The summed E-state index contributed by atoms with van der Waals surface area (Å²) in [7, 11) is 0. The lowest BCUT2D eigenvalue weighted by atomic mass is 9.59. The molecule has 0 aromatic rings. The van der Waals surface area contributed by atoms with Crippen LogP contribution in [-0.2, 0) is 4.79 Å². The van der Waals surface area contributed by atoms with Crippen molar-refractivity contribution in [1.82, 2.24) is 0 Å². The molecule has 156 valence electrons. The van der Waals surface area contributed by atoms with Crippen molar-refractivity contribution in [2.75, 3.05) is 0 Å². The first kappa shape index (κ1) is 22.2. The molecule has 2 fully saturated rings. The molecular weight excluding hydrogens is 342 g/mol. The predicted molar refractivity (Wildman–Crippen MR) is 107 cm³/mol. The smallest absolute Gasteiger partial charge is 0.309 e. The molecule has 0 radical (unpaired) electrons. The van der Waals surface area contributed by atoms with Crippen molar-refractivity contribution in [3.63, 3.8) is 0 Å². The van der Waals surface area contributed by atoms with Crippen molar-refractivity contribution < 1.29 is 14.8 Å². The number of carboxylic acid groups (broad SMARTS) is 1. The van der Waals surface area contributed by atoms with Crippen LogP contribution in [-0.4, -0.2) is 22.0 Å². The van der Waals surface area contributed by atoms with Gasteiger partial charge in [-0.25, -0.2) is 0 Å². The van der Waals surface area contributed by atoms with Gasteiger partial charge < -0.3 is 5.11 Å². The third kappa shape index (κ3) is 6.18. The second-order valence-corrected chi connectivity index (χ2v) is 9.11. The minimum Gasteiger partial charge on any atom is -0.481 e. The monoisotopic (exact) mass is 381 g/mol. The first-order valence-corrected chi connectivity index (χ1v) is 11.4. The molecular formula is C22H39NO4. The lowest BCUT2D eigenvalue weighted by molar-refractivity contribution is -0.527. The largest absolute Gasteiger partial charge is 0.481 e. The molecule has 0 heterocycles. The van der Waals surface area contributed by atoms with Crippen molar-refractivity contribution in [2.24, 2.45) is 17.3 Å². The predicted octanol–water partition coefficient (Wildman–Crippen LogP) is 6.22. The van der Waals surface area contributed by atoms with E-state index >= 15 is 0 Å². The molecule has 5 nitrogen and oxygen atoms in total. The Kier molecular flexibility index (Phi) is 9.04. The number of rotatable bonds is 11. The first-order valence-electron chi connectivity index (χ1n) is 11.4. The van der Waals surface area contributed by atoms with Crippen LogP contribution in [0.25, 0.3) is 0 Å². The zero-order chi connectivity index (χ0) is 19.7. The molecule has 0 amide bonds. The topological polar surface area (TPSA) is 80.4 Å². The number of unbranched alkanes of at least 4 members (excludes halogenated alkanes) is 6. The maximum Gasteiger partial charge on any atom is 0.309 e. The zero-order valence-electron chi connectivity index (χ0n) is 17.2. The molecule has 0 bridgehead atoms. The molecule has 0 saturated heterocycles. The van der Waals surface area contributed by atoms with Gasteiger partial charge in [0.05, 0.1) is 5.41 Å². The molecule has 0 aromatic carbocycles. The number of carbonyl (C=O) groups is 1. The summed E-state index contributed by atoms with van der Waals surface area (Å²) >= 11 is 0. The van der Waals surface area contributed by atoms with Crippen LogP contribution in [0.4, 0.5) is 0 Å². The molecule has 0 atom stereocenters. The van der Waals surface area contributed by atoms with E-state index in [-0.39, 0.29) is 10.8 Å². The Labute approximate surface area is 164 Å². The molecule has 2 saturated carbocycles. The summed E-state index contributed by atoms with van der Waals surface area (Å²) in [6, 6.07) is -0.458. The highest BCUT2D eigenvalue weighted by Gasteiger charge is 2.49. The Balaban J connectivity index is 1.73. The summed E-state index contributed by atoms with van der Waals surface area (Å²) in [5.74, 6) is 0.162. The minimum absolute atomic E-state index is 0.130. The summed E-state index contributed by atoms with van der Waals surface area (Å²) in [5, 5.41) is 21.0. The van der Waals surface area contributed by atoms with E-state index in [1.807, 2.05) is 0 Å². The van der Waals surface area contributed by atoms with Crippen LogP contribution in [0.3, 0.4) is 0 Å². The quantitative estimate of drug-likeness (QED) is 0.261. The summed E-state index contributed by atoms with van der Waals surface area (Å²) in [6.45, 7) is 2.24. The molecule has 0 spiro atoms. The third-order valence-corrected chi connectivity index (χ3v) is 7.42. The van der Waals surface area contributed by atoms with E-state index in [0.29, 0.717) is 31.6 Å². The minimum atomic E-state index is -0.651. The number of nitrogens with zero attached hydrogens (tertiary/aromatic N) is 1. The lowest BCUT2D eigenvalue weighted by Gasteiger charge is -2.44. The molecule has 0 aliphatic heterocycles. The van der Waals surface area contributed by atoms with Gasteiger partial charge in [0, 0.05) is 17.8 Å². The number of nitro groups is 1. The summed E-state index contributed by atoms with van der Waals surface area (Å²) in [4.78, 5) is 23.0. The SMILES string of the molecule is CCCCCCCCCC1CCC(C(=O)O)(C2CCC([N+](=O)[O-])CC2)CC1. The molecule has 2 aliphatic rings.